The highest BCUT2D eigenvalue weighted by atomic mass is 32.2. The van der Waals surface area contributed by atoms with Crippen molar-refractivity contribution in [2.24, 2.45) is 28.3 Å². The molecule has 0 fully saturated rings. The second-order valence-corrected chi connectivity index (χ2v) is 11.6. The van der Waals surface area contributed by atoms with E-state index in [9.17, 15) is 32.7 Å². The molecule has 0 saturated carbocycles. The van der Waals surface area contributed by atoms with Gasteiger partial charge in [0.05, 0.1) is 30.0 Å². The van der Waals surface area contributed by atoms with E-state index in [1.165, 1.54) is 18.2 Å². The minimum Gasteiger partial charge on any atom is -0.481 e. The summed E-state index contributed by atoms with van der Waals surface area (Å²) >= 11 is 0. The standard InChI is InChI=1S/C28H43N5O8S/c1-5-19(4)22(27(38)32-20(16-25(35)36)11-14-26(37)41-6-2)17-24(34)23(8-7-15-31-28(29)30)33-42(39,40)21-12-9-18(3)10-13-21/h9-14,19-20,22-23,33H,5-8,15-17H2,1-4H3,(H,32,38)(H,35,36)(H4,29,30,31)/b14-11+/t19?,20-,22+,23+/m1/s1. The first-order chi connectivity index (χ1) is 19.7. The molecule has 0 aliphatic heterocycles. The van der Waals surface area contributed by atoms with Crippen LogP contribution in [0.2, 0.25) is 0 Å². The fraction of sp³-hybridized carbons (Fsp3) is 0.536. The Labute approximate surface area is 247 Å². The number of nitrogens with one attached hydrogen (secondary N) is 2. The van der Waals surface area contributed by atoms with Gasteiger partial charge in [-0.05, 0) is 44.7 Å². The van der Waals surface area contributed by atoms with Crippen LogP contribution in [-0.4, -0.2) is 68.3 Å². The Balaban J connectivity index is 3.23. The molecule has 13 nitrogen and oxygen atoms in total. The molecule has 7 N–H and O–H groups in total. The number of sulfonamides is 1. The van der Waals surface area contributed by atoms with E-state index in [1.807, 2.05) is 13.8 Å². The van der Waals surface area contributed by atoms with Gasteiger partial charge in [0.15, 0.2) is 11.7 Å². The number of hydrogen-bond donors (Lipinski definition) is 5. The zero-order valence-corrected chi connectivity index (χ0v) is 25.4. The third-order valence-corrected chi connectivity index (χ3v) is 8.01. The lowest BCUT2D eigenvalue weighted by molar-refractivity contribution is -0.139. The minimum absolute atomic E-state index is 0.0174. The maximum absolute atomic E-state index is 13.6. The van der Waals surface area contributed by atoms with E-state index in [0.717, 1.165) is 11.6 Å². The lowest BCUT2D eigenvalue weighted by atomic mass is 9.84. The van der Waals surface area contributed by atoms with Gasteiger partial charge in [0.2, 0.25) is 15.9 Å². The largest absolute Gasteiger partial charge is 0.481 e. The number of nitrogens with zero attached hydrogens (tertiary/aromatic N) is 1. The highest BCUT2D eigenvalue weighted by Crippen LogP contribution is 2.23. The van der Waals surface area contributed by atoms with Gasteiger partial charge in [0.25, 0.3) is 0 Å². The molecule has 0 aliphatic rings. The van der Waals surface area contributed by atoms with Crippen molar-refractivity contribution >= 4 is 39.6 Å². The first kappa shape index (κ1) is 36.2. The number of hydrogen-bond acceptors (Lipinski definition) is 8. The number of rotatable bonds is 19. The van der Waals surface area contributed by atoms with Gasteiger partial charge in [-0.3, -0.25) is 19.4 Å². The number of aliphatic imine (C=N–C) groups is 1. The number of carbonyl (C=O) groups excluding carboxylic acids is 3. The molecule has 14 heteroatoms. The summed E-state index contributed by atoms with van der Waals surface area (Å²) in [5, 5.41) is 11.9. The average molecular weight is 610 g/mol. The number of carbonyl (C=O) groups is 4. The molecular weight excluding hydrogens is 566 g/mol. The number of carboxylic acids is 1. The summed E-state index contributed by atoms with van der Waals surface area (Å²) in [6, 6.07) is 3.91. The number of Topliss-reactive ketones (excluding diaryl/α,β-unsaturated/α-hetero) is 1. The molecule has 4 atom stereocenters. The van der Waals surface area contributed by atoms with Crippen LogP contribution in [0.15, 0.2) is 46.3 Å². The van der Waals surface area contributed by atoms with Crippen LogP contribution >= 0.6 is 0 Å². The number of carboxylic acid groups (broad SMARTS) is 1. The number of esters is 1. The number of ether oxygens (including phenoxy) is 1. The Morgan fingerprint density at radius 2 is 1.74 bits per heavy atom. The van der Waals surface area contributed by atoms with Gasteiger partial charge in [-0.1, -0.05) is 44.0 Å². The summed E-state index contributed by atoms with van der Waals surface area (Å²) in [5.41, 5.74) is 11.6. The number of aryl methyl sites for hydroxylation is 1. The molecule has 0 radical (unpaired) electrons. The average Bonchev–Trinajstić information content (AvgIpc) is 2.91. The summed E-state index contributed by atoms with van der Waals surface area (Å²) in [6.45, 7) is 7.31. The quantitative estimate of drug-likeness (QED) is 0.0499. The number of ketones is 1. The molecule has 0 saturated heterocycles. The van der Waals surface area contributed by atoms with E-state index in [1.54, 1.807) is 26.0 Å². The van der Waals surface area contributed by atoms with Gasteiger partial charge in [-0.25, -0.2) is 17.9 Å². The van der Waals surface area contributed by atoms with E-state index in [4.69, 9.17) is 16.2 Å². The normalized spacial score (nSPS) is 14.4. The lowest BCUT2D eigenvalue weighted by Gasteiger charge is -2.26. The van der Waals surface area contributed by atoms with Crippen molar-refractivity contribution in [1.29, 1.82) is 0 Å². The van der Waals surface area contributed by atoms with Gasteiger partial charge in [0.1, 0.15) is 0 Å². The Hall–Kier alpha value is -3.78. The third-order valence-electron chi connectivity index (χ3n) is 6.52. The zero-order chi connectivity index (χ0) is 31.9. The summed E-state index contributed by atoms with van der Waals surface area (Å²) in [7, 11) is -4.08. The Kier molecular flexibility index (Phi) is 15.5. The maximum Gasteiger partial charge on any atom is 0.330 e. The molecule has 1 rings (SSSR count). The van der Waals surface area contributed by atoms with Crippen LogP contribution in [0, 0.1) is 18.8 Å². The van der Waals surface area contributed by atoms with Crippen molar-refractivity contribution in [1.82, 2.24) is 10.0 Å². The van der Waals surface area contributed by atoms with Crippen molar-refractivity contribution in [2.45, 2.75) is 76.8 Å². The van der Waals surface area contributed by atoms with Gasteiger partial charge in [-0.2, -0.15) is 0 Å². The smallest absolute Gasteiger partial charge is 0.330 e. The van der Waals surface area contributed by atoms with E-state index < -0.39 is 58.1 Å². The van der Waals surface area contributed by atoms with Gasteiger partial charge < -0.3 is 26.6 Å². The summed E-state index contributed by atoms with van der Waals surface area (Å²) in [6.07, 6.45) is 2.30. The minimum atomic E-state index is -4.08. The summed E-state index contributed by atoms with van der Waals surface area (Å²) < 4.78 is 33.5. The second-order valence-electron chi connectivity index (χ2n) is 9.92. The van der Waals surface area contributed by atoms with Crippen molar-refractivity contribution in [3.8, 4) is 0 Å². The van der Waals surface area contributed by atoms with E-state index in [-0.39, 0.29) is 49.2 Å². The molecule has 42 heavy (non-hydrogen) atoms. The molecule has 1 amide bonds. The Bertz CT molecular complexity index is 1230. The van der Waals surface area contributed by atoms with Gasteiger partial charge in [0, 0.05) is 25.0 Å². The monoisotopic (exact) mass is 609 g/mol. The Morgan fingerprint density at radius 1 is 1.10 bits per heavy atom. The van der Waals surface area contributed by atoms with E-state index in [0.29, 0.717) is 6.42 Å². The molecule has 1 unspecified atom stereocenters. The van der Waals surface area contributed by atoms with Crippen LogP contribution in [0.3, 0.4) is 0 Å². The Morgan fingerprint density at radius 3 is 2.29 bits per heavy atom. The predicted molar refractivity (Wildman–Crippen MR) is 158 cm³/mol. The maximum atomic E-state index is 13.6. The van der Waals surface area contributed by atoms with Crippen LogP contribution in [-0.2, 0) is 33.9 Å². The first-order valence-electron chi connectivity index (χ1n) is 13.7. The molecule has 1 aromatic carbocycles. The van der Waals surface area contributed by atoms with Crippen molar-refractivity contribution in [3.63, 3.8) is 0 Å². The van der Waals surface area contributed by atoms with Crippen LogP contribution in [0.4, 0.5) is 0 Å². The van der Waals surface area contributed by atoms with Crippen LogP contribution in [0.1, 0.15) is 58.4 Å². The molecular formula is C28H43N5O8S. The molecule has 0 aliphatic carbocycles. The number of nitrogens with two attached hydrogens (primary N) is 2. The fourth-order valence-corrected chi connectivity index (χ4v) is 5.24. The number of guanidine groups is 1. The first-order valence-corrected chi connectivity index (χ1v) is 15.2. The highest BCUT2D eigenvalue weighted by molar-refractivity contribution is 7.89. The highest BCUT2D eigenvalue weighted by Gasteiger charge is 2.33. The summed E-state index contributed by atoms with van der Waals surface area (Å²) in [5.74, 6) is -4.38. The molecule has 0 aromatic heterocycles. The second kappa shape index (κ2) is 17.9. The topological polar surface area (TPSA) is 220 Å². The van der Waals surface area contributed by atoms with Crippen LogP contribution in [0.5, 0.6) is 0 Å². The van der Waals surface area contributed by atoms with Crippen molar-refractivity contribution in [3.05, 3.63) is 42.0 Å². The predicted octanol–water partition coefficient (Wildman–Crippen LogP) is 1.40. The molecule has 0 spiro atoms. The molecule has 234 valence electrons. The number of benzene rings is 1. The van der Waals surface area contributed by atoms with Crippen LogP contribution in [0.25, 0.3) is 0 Å². The van der Waals surface area contributed by atoms with Crippen molar-refractivity contribution < 1.29 is 37.4 Å². The van der Waals surface area contributed by atoms with Crippen LogP contribution < -0.4 is 21.5 Å². The SMILES string of the molecule is CCOC(=O)/C=C/[C@H](CC(=O)O)NC(=O)[C@@H](CC(=O)[C@H](CCCN=C(N)N)NS(=O)(=O)c1ccc(C)cc1)C(C)CC. The fourth-order valence-electron chi connectivity index (χ4n) is 3.99. The lowest BCUT2D eigenvalue weighted by Crippen LogP contribution is -2.45. The number of amides is 1. The van der Waals surface area contributed by atoms with Gasteiger partial charge >= 0.3 is 11.9 Å². The third kappa shape index (κ3) is 13.3. The molecule has 0 heterocycles. The van der Waals surface area contributed by atoms with Gasteiger partial charge in [-0.15, -0.1) is 0 Å². The summed E-state index contributed by atoms with van der Waals surface area (Å²) in [4.78, 5) is 53.9. The molecule has 0 bridgehead atoms. The zero-order valence-electron chi connectivity index (χ0n) is 24.5. The number of aliphatic carboxylic acids is 1. The molecule has 1 aromatic rings. The van der Waals surface area contributed by atoms with E-state index >= 15 is 0 Å². The van der Waals surface area contributed by atoms with E-state index in [2.05, 4.69) is 15.0 Å². The van der Waals surface area contributed by atoms with Crippen molar-refractivity contribution in [2.75, 3.05) is 13.2 Å².